The summed E-state index contributed by atoms with van der Waals surface area (Å²) in [4.78, 5) is 21.5. The van der Waals surface area contributed by atoms with Gasteiger partial charge < -0.3 is 18.8 Å². The summed E-state index contributed by atoms with van der Waals surface area (Å²) >= 11 is 3.60. The number of nitrogens with zero attached hydrogens (tertiary/aromatic N) is 5. The van der Waals surface area contributed by atoms with E-state index in [4.69, 9.17) is 9.15 Å². The summed E-state index contributed by atoms with van der Waals surface area (Å²) in [6, 6.07) is -0.238. The number of hydrogen-bond acceptors (Lipinski definition) is 6. The summed E-state index contributed by atoms with van der Waals surface area (Å²) in [7, 11) is 1.75. The molecule has 1 saturated heterocycles. The van der Waals surface area contributed by atoms with E-state index in [1.54, 1.807) is 24.2 Å². The highest BCUT2D eigenvalue weighted by Crippen LogP contribution is 2.42. The average molecular weight is 488 g/mol. The fourth-order valence-electron chi connectivity index (χ4n) is 4.71. The molecule has 1 atom stereocenters. The number of pyridine rings is 1. The SMILES string of the molecule is Cc1nc(C(C2CCOCC2)n2c3c(C)c(Br)cnc3c3c2c(C(=O)O)nn3C)co1. The van der Waals surface area contributed by atoms with Crippen molar-refractivity contribution in [1.29, 1.82) is 0 Å². The van der Waals surface area contributed by atoms with Gasteiger partial charge in [-0.05, 0) is 47.2 Å². The summed E-state index contributed by atoms with van der Waals surface area (Å²) in [6.07, 6.45) is 5.09. The van der Waals surface area contributed by atoms with Crippen LogP contribution in [0.25, 0.3) is 22.1 Å². The first kappa shape index (κ1) is 20.2. The van der Waals surface area contributed by atoms with Crippen LogP contribution in [-0.2, 0) is 11.8 Å². The zero-order valence-electron chi connectivity index (χ0n) is 17.4. The van der Waals surface area contributed by atoms with E-state index in [9.17, 15) is 9.90 Å². The van der Waals surface area contributed by atoms with Gasteiger partial charge in [-0.1, -0.05) is 0 Å². The van der Waals surface area contributed by atoms with Crippen molar-refractivity contribution < 1.29 is 19.1 Å². The molecule has 1 fully saturated rings. The topological polar surface area (TPSA) is 108 Å². The second-order valence-electron chi connectivity index (χ2n) is 7.96. The molecule has 0 amide bonds. The van der Waals surface area contributed by atoms with Crippen molar-refractivity contribution in [1.82, 2.24) is 24.3 Å². The van der Waals surface area contributed by atoms with Gasteiger partial charge in [-0.3, -0.25) is 9.67 Å². The van der Waals surface area contributed by atoms with Gasteiger partial charge in [0.2, 0.25) is 0 Å². The van der Waals surface area contributed by atoms with Crippen molar-refractivity contribution in [3.8, 4) is 0 Å². The number of rotatable bonds is 4. The predicted molar refractivity (Wildman–Crippen MR) is 116 cm³/mol. The van der Waals surface area contributed by atoms with Gasteiger partial charge in [0.15, 0.2) is 11.6 Å². The Morgan fingerprint density at radius 3 is 2.65 bits per heavy atom. The second-order valence-corrected chi connectivity index (χ2v) is 8.81. The Kier molecular flexibility index (Phi) is 4.86. The Balaban J connectivity index is 1.93. The minimum Gasteiger partial charge on any atom is -0.476 e. The van der Waals surface area contributed by atoms with Gasteiger partial charge in [-0.25, -0.2) is 9.78 Å². The Morgan fingerprint density at radius 2 is 2.00 bits per heavy atom. The van der Waals surface area contributed by atoms with E-state index in [2.05, 4.69) is 35.6 Å². The number of carboxylic acids is 1. The monoisotopic (exact) mass is 487 g/mol. The molecule has 10 heteroatoms. The molecule has 0 aromatic carbocycles. The molecule has 0 aliphatic carbocycles. The van der Waals surface area contributed by atoms with Crippen molar-refractivity contribution in [2.24, 2.45) is 13.0 Å². The fourth-order valence-corrected chi connectivity index (χ4v) is 5.00. The zero-order valence-corrected chi connectivity index (χ0v) is 19.0. The number of aryl methyl sites for hydroxylation is 3. The van der Waals surface area contributed by atoms with E-state index in [-0.39, 0.29) is 17.7 Å². The molecule has 1 unspecified atom stereocenters. The van der Waals surface area contributed by atoms with Crippen molar-refractivity contribution in [3.05, 3.63) is 39.8 Å². The molecule has 0 bridgehead atoms. The largest absolute Gasteiger partial charge is 0.476 e. The lowest BCUT2D eigenvalue weighted by atomic mass is 9.89. The van der Waals surface area contributed by atoms with E-state index < -0.39 is 5.97 Å². The first-order chi connectivity index (χ1) is 14.9. The van der Waals surface area contributed by atoms with Gasteiger partial charge >= 0.3 is 5.97 Å². The maximum absolute atomic E-state index is 12.2. The van der Waals surface area contributed by atoms with Crippen LogP contribution in [0, 0.1) is 19.8 Å². The minimum absolute atomic E-state index is 0.00305. The van der Waals surface area contributed by atoms with E-state index in [1.807, 2.05) is 13.8 Å². The molecule has 0 saturated carbocycles. The smallest absolute Gasteiger partial charge is 0.358 e. The molecular formula is C21H22BrN5O4. The lowest BCUT2D eigenvalue weighted by Crippen LogP contribution is -2.27. The molecule has 0 radical (unpaired) electrons. The van der Waals surface area contributed by atoms with Crippen LogP contribution in [0.4, 0.5) is 0 Å². The molecule has 4 aromatic heterocycles. The van der Waals surface area contributed by atoms with Crippen LogP contribution in [0.3, 0.4) is 0 Å². The van der Waals surface area contributed by atoms with Crippen molar-refractivity contribution in [3.63, 3.8) is 0 Å². The number of fused-ring (bicyclic) bond motifs is 3. The standard InChI is InChI=1S/C21H22BrN5O4/c1-10-13(22)8-23-15-17(10)27(20-16(21(28)29)25-26(3)19(15)20)18(12-4-6-30-7-5-12)14-9-31-11(2)24-14/h8-9,12,18H,4-7H2,1-3H3,(H,28,29). The molecule has 0 spiro atoms. The molecule has 1 aliphatic rings. The van der Waals surface area contributed by atoms with Gasteiger partial charge in [-0.15, -0.1) is 0 Å². The molecule has 9 nitrogen and oxygen atoms in total. The number of carboxylic acid groups (broad SMARTS) is 1. The van der Waals surface area contributed by atoms with Crippen LogP contribution >= 0.6 is 15.9 Å². The summed E-state index contributed by atoms with van der Waals surface area (Å²) in [5.74, 6) is -0.314. The van der Waals surface area contributed by atoms with Gasteiger partial charge in [0.1, 0.15) is 28.5 Å². The predicted octanol–water partition coefficient (Wildman–Crippen LogP) is 4.00. The molecule has 1 aliphatic heterocycles. The molecule has 162 valence electrons. The first-order valence-corrected chi connectivity index (χ1v) is 10.9. The maximum atomic E-state index is 12.2. The van der Waals surface area contributed by atoms with E-state index in [0.717, 1.165) is 39.6 Å². The Labute approximate surface area is 186 Å². The molecule has 5 heterocycles. The Bertz CT molecular complexity index is 1310. The zero-order chi connectivity index (χ0) is 21.9. The number of ether oxygens (including phenoxy) is 1. The lowest BCUT2D eigenvalue weighted by Gasteiger charge is -2.31. The normalized spacial score (nSPS) is 16.4. The van der Waals surface area contributed by atoms with Gasteiger partial charge in [0.05, 0.1) is 11.6 Å². The second kappa shape index (κ2) is 7.45. The van der Waals surface area contributed by atoms with E-state index in [0.29, 0.717) is 30.1 Å². The molecular weight excluding hydrogens is 466 g/mol. The van der Waals surface area contributed by atoms with Crippen LogP contribution in [0.2, 0.25) is 0 Å². The number of halogens is 1. The summed E-state index contributed by atoms with van der Waals surface area (Å²) < 4.78 is 15.7. The average Bonchev–Trinajstić information content (AvgIpc) is 3.41. The minimum atomic E-state index is -1.08. The first-order valence-electron chi connectivity index (χ1n) is 10.1. The van der Waals surface area contributed by atoms with Crippen LogP contribution in [-0.4, -0.2) is 48.6 Å². The van der Waals surface area contributed by atoms with Crippen LogP contribution in [0.1, 0.15) is 46.5 Å². The molecule has 1 N–H and O–H groups in total. The van der Waals surface area contributed by atoms with E-state index >= 15 is 0 Å². The highest BCUT2D eigenvalue weighted by atomic mass is 79.9. The maximum Gasteiger partial charge on any atom is 0.358 e. The van der Waals surface area contributed by atoms with Gasteiger partial charge in [-0.2, -0.15) is 5.10 Å². The highest BCUT2D eigenvalue weighted by molar-refractivity contribution is 9.10. The number of hydrogen-bond donors (Lipinski definition) is 1. The number of aromatic carboxylic acids is 1. The third-order valence-electron chi connectivity index (χ3n) is 6.11. The number of oxazole rings is 1. The van der Waals surface area contributed by atoms with Crippen LogP contribution in [0.5, 0.6) is 0 Å². The lowest BCUT2D eigenvalue weighted by molar-refractivity contribution is 0.0546. The van der Waals surface area contributed by atoms with Gasteiger partial charge in [0, 0.05) is 37.9 Å². The molecule has 5 rings (SSSR count). The van der Waals surface area contributed by atoms with Crippen LogP contribution < -0.4 is 0 Å². The summed E-state index contributed by atoms with van der Waals surface area (Å²) in [5.41, 5.74) is 4.59. The third-order valence-corrected chi connectivity index (χ3v) is 6.91. The van der Waals surface area contributed by atoms with Crippen LogP contribution in [0.15, 0.2) is 21.3 Å². The summed E-state index contributed by atoms with van der Waals surface area (Å²) in [6.45, 7) is 5.12. The van der Waals surface area contributed by atoms with Crippen molar-refractivity contribution >= 4 is 44.0 Å². The fraction of sp³-hybridized carbons (Fsp3) is 0.429. The quantitative estimate of drug-likeness (QED) is 0.463. The highest BCUT2D eigenvalue weighted by Gasteiger charge is 2.35. The molecule has 4 aromatic rings. The Morgan fingerprint density at radius 1 is 1.26 bits per heavy atom. The summed E-state index contributed by atoms with van der Waals surface area (Å²) in [5, 5.41) is 14.3. The number of aromatic nitrogens is 5. The Hall–Kier alpha value is -2.72. The van der Waals surface area contributed by atoms with Crippen molar-refractivity contribution in [2.75, 3.05) is 13.2 Å². The van der Waals surface area contributed by atoms with Crippen molar-refractivity contribution in [2.45, 2.75) is 32.7 Å². The molecule has 31 heavy (non-hydrogen) atoms. The number of carbonyl (C=O) groups is 1. The van der Waals surface area contributed by atoms with Gasteiger partial charge in [0.25, 0.3) is 0 Å². The third kappa shape index (κ3) is 3.08. The van der Waals surface area contributed by atoms with E-state index in [1.165, 1.54) is 0 Å².